The number of carbonyl (C=O) groups excluding carboxylic acids is 1. The second kappa shape index (κ2) is 5.57. The Labute approximate surface area is 110 Å². The van der Waals surface area contributed by atoms with Crippen LogP contribution in [0.15, 0.2) is 0 Å². The predicted octanol–water partition coefficient (Wildman–Crippen LogP) is 1.12. The fraction of sp³-hybridized carbons (Fsp3) is 0.929. The molecule has 1 saturated carbocycles. The smallest absolute Gasteiger partial charge is 0.234 e. The molecule has 18 heavy (non-hydrogen) atoms. The molecule has 0 aromatic carbocycles. The Morgan fingerprint density at radius 3 is 2.56 bits per heavy atom. The summed E-state index contributed by atoms with van der Waals surface area (Å²) in [6.07, 6.45) is 5.05. The Hall–Kier alpha value is -0.610. The lowest BCUT2D eigenvalue weighted by Gasteiger charge is -2.27. The third kappa shape index (κ3) is 4.58. The molecule has 1 atom stereocenters. The lowest BCUT2D eigenvalue weighted by Crippen LogP contribution is -2.48. The average Bonchev–Trinajstić information content (AvgIpc) is 2.95. The number of amides is 1. The second-order valence-corrected chi connectivity index (χ2v) is 6.75. The van der Waals surface area contributed by atoms with Crippen LogP contribution in [0, 0.1) is 0 Å². The Morgan fingerprint density at radius 1 is 1.33 bits per heavy atom. The highest BCUT2D eigenvalue weighted by Crippen LogP contribution is 2.27. The van der Waals surface area contributed by atoms with Gasteiger partial charge in [0.15, 0.2) is 0 Å². The number of nitrogens with zero attached hydrogens (tertiary/aromatic N) is 1. The maximum absolute atomic E-state index is 12.0. The molecule has 2 fully saturated rings. The molecule has 0 bridgehead atoms. The normalized spacial score (nSPS) is 24.6. The van der Waals surface area contributed by atoms with E-state index in [2.05, 4.69) is 15.5 Å². The van der Waals surface area contributed by atoms with Crippen LogP contribution in [-0.4, -0.2) is 48.1 Å². The van der Waals surface area contributed by atoms with Crippen LogP contribution in [0.5, 0.6) is 0 Å². The Kier molecular flexibility index (Phi) is 4.28. The second-order valence-electron chi connectivity index (χ2n) is 6.75. The zero-order chi connectivity index (χ0) is 13.2. The van der Waals surface area contributed by atoms with Gasteiger partial charge in [-0.1, -0.05) is 0 Å². The van der Waals surface area contributed by atoms with Crippen LogP contribution >= 0.6 is 0 Å². The minimum Gasteiger partial charge on any atom is -0.350 e. The number of hydrogen-bond acceptors (Lipinski definition) is 3. The van der Waals surface area contributed by atoms with Gasteiger partial charge in [0, 0.05) is 24.2 Å². The Balaban J connectivity index is 1.80. The first-order valence-corrected chi connectivity index (χ1v) is 7.22. The topological polar surface area (TPSA) is 44.4 Å². The molecular weight excluding hydrogens is 226 g/mol. The fourth-order valence-electron chi connectivity index (χ4n) is 2.62. The molecule has 104 valence electrons. The van der Waals surface area contributed by atoms with Crippen molar-refractivity contribution in [1.82, 2.24) is 15.5 Å². The zero-order valence-electron chi connectivity index (χ0n) is 12.0. The van der Waals surface area contributed by atoms with E-state index in [1.54, 1.807) is 0 Å². The van der Waals surface area contributed by atoms with Crippen LogP contribution < -0.4 is 10.6 Å². The van der Waals surface area contributed by atoms with Gasteiger partial charge in [0.1, 0.15) is 0 Å². The summed E-state index contributed by atoms with van der Waals surface area (Å²) in [5.41, 5.74) is -0.127. The maximum atomic E-state index is 12.0. The van der Waals surface area contributed by atoms with E-state index in [0.717, 1.165) is 13.1 Å². The average molecular weight is 253 g/mol. The van der Waals surface area contributed by atoms with E-state index in [0.29, 0.717) is 18.6 Å². The third-order valence-corrected chi connectivity index (χ3v) is 3.54. The van der Waals surface area contributed by atoms with Gasteiger partial charge in [-0.3, -0.25) is 9.69 Å². The summed E-state index contributed by atoms with van der Waals surface area (Å²) in [4.78, 5) is 14.4. The molecule has 1 amide bonds. The molecule has 0 radical (unpaired) electrons. The van der Waals surface area contributed by atoms with E-state index < -0.39 is 0 Å². The first-order chi connectivity index (χ1) is 8.44. The molecule has 4 heteroatoms. The molecule has 2 N–H and O–H groups in total. The van der Waals surface area contributed by atoms with E-state index in [9.17, 15) is 4.79 Å². The first-order valence-electron chi connectivity index (χ1n) is 7.22. The monoisotopic (exact) mass is 253 g/mol. The van der Waals surface area contributed by atoms with Gasteiger partial charge in [-0.05, 0) is 53.0 Å². The lowest BCUT2D eigenvalue weighted by atomic mass is 10.1. The van der Waals surface area contributed by atoms with Crippen molar-refractivity contribution in [3.8, 4) is 0 Å². The molecular formula is C14H27N3O. The van der Waals surface area contributed by atoms with Gasteiger partial charge in [0.2, 0.25) is 5.91 Å². The van der Waals surface area contributed by atoms with Gasteiger partial charge in [-0.15, -0.1) is 0 Å². The molecule has 2 aliphatic rings. The van der Waals surface area contributed by atoms with Crippen molar-refractivity contribution < 1.29 is 4.79 Å². The Bertz CT molecular complexity index is 288. The summed E-state index contributed by atoms with van der Waals surface area (Å²) in [7, 11) is 0. The van der Waals surface area contributed by atoms with Crippen LogP contribution in [0.1, 0.15) is 46.5 Å². The van der Waals surface area contributed by atoms with Gasteiger partial charge in [0.05, 0.1) is 6.54 Å². The molecule has 0 spiro atoms. The molecule has 1 aliphatic heterocycles. The van der Waals surface area contributed by atoms with E-state index in [1.807, 2.05) is 20.8 Å². The van der Waals surface area contributed by atoms with Crippen molar-refractivity contribution in [3.05, 3.63) is 0 Å². The fourth-order valence-corrected chi connectivity index (χ4v) is 2.62. The van der Waals surface area contributed by atoms with Crippen molar-refractivity contribution in [3.63, 3.8) is 0 Å². The van der Waals surface area contributed by atoms with E-state index in [-0.39, 0.29) is 11.4 Å². The SMILES string of the molecule is CC(C)(C)NC(=O)CN(CC1CCCN1)C1CC1. The molecule has 4 nitrogen and oxygen atoms in total. The summed E-state index contributed by atoms with van der Waals surface area (Å²) < 4.78 is 0. The summed E-state index contributed by atoms with van der Waals surface area (Å²) in [5, 5.41) is 6.57. The van der Waals surface area contributed by atoms with Gasteiger partial charge in [0.25, 0.3) is 0 Å². The Morgan fingerprint density at radius 2 is 2.06 bits per heavy atom. The van der Waals surface area contributed by atoms with Crippen molar-refractivity contribution in [2.75, 3.05) is 19.6 Å². The minimum absolute atomic E-state index is 0.127. The quantitative estimate of drug-likeness (QED) is 0.771. The number of hydrogen-bond donors (Lipinski definition) is 2. The molecule has 2 rings (SSSR count). The van der Waals surface area contributed by atoms with Gasteiger partial charge in [-0.25, -0.2) is 0 Å². The summed E-state index contributed by atoms with van der Waals surface area (Å²) >= 11 is 0. The van der Waals surface area contributed by atoms with Crippen molar-refractivity contribution in [2.45, 2.75) is 64.1 Å². The molecule has 1 saturated heterocycles. The lowest BCUT2D eigenvalue weighted by molar-refractivity contribution is -0.123. The standard InChI is InChI=1S/C14H27N3O/c1-14(2,3)16-13(18)10-17(12-6-7-12)9-11-5-4-8-15-11/h11-12,15H,4-10H2,1-3H3,(H,16,18). The highest BCUT2D eigenvalue weighted by atomic mass is 16.2. The van der Waals surface area contributed by atoms with Gasteiger partial charge in [-0.2, -0.15) is 0 Å². The number of rotatable bonds is 5. The number of nitrogens with one attached hydrogen (secondary N) is 2. The first kappa shape index (κ1) is 13.8. The van der Waals surface area contributed by atoms with Crippen LogP contribution in [-0.2, 0) is 4.79 Å². The minimum atomic E-state index is -0.127. The van der Waals surface area contributed by atoms with Gasteiger partial charge < -0.3 is 10.6 Å². The van der Waals surface area contributed by atoms with Crippen LogP contribution in [0.25, 0.3) is 0 Å². The highest BCUT2D eigenvalue weighted by Gasteiger charge is 2.32. The summed E-state index contributed by atoms with van der Waals surface area (Å²) in [6, 6.07) is 1.24. The zero-order valence-corrected chi connectivity index (χ0v) is 12.0. The van der Waals surface area contributed by atoms with Crippen LogP contribution in [0.4, 0.5) is 0 Å². The highest BCUT2D eigenvalue weighted by molar-refractivity contribution is 5.78. The van der Waals surface area contributed by atoms with E-state index in [1.165, 1.54) is 25.7 Å². The molecule has 0 aromatic heterocycles. The van der Waals surface area contributed by atoms with Crippen LogP contribution in [0.3, 0.4) is 0 Å². The summed E-state index contributed by atoms with van der Waals surface area (Å²) in [6.45, 7) is 8.82. The molecule has 1 unspecified atom stereocenters. The molecule has 1 aliphatic carbocycles. The van der Waals surface area contributed by atoms with Crippen LogP contribution in [0.2, 0.25) is 0 Å². The van der Waals surface area contributed by atoms with Crippen molar-refractivity contribution >= 4 is 5.91 Å². The maximum Gasteiger partial charge on any atom is 0.234 e. The predicted molar refractivity (Wildman–Crippen MR) is 73.5 cm³/mol. The third-order valence-electron chi connectivity index (χ3n) is 3.54. The van der Waals surface area contributed by atoms with E-state index in [4.69, 9.17) is 0 Å². The molecule has 1 heterocycles. The molecule has 0 aromatic rings. The van der Waals surface area contributed by atoms with Crippen molar-refractivity contribution in [2.24, 2.45) is 0 Å². The van der Waals surface area contributed by atoms with Crippen molar-refractivity contribution in [1.29, 1.82) is 0 Å². The summed E-state index contributed by atoms with van der Waals surface area (Å²) in [5.74, 6) is 0.160. The largest absolute Gasteiger partial charge is 0.350 e. The van der Waals surface area contributed by atoms with E-state index >= 15 is 0 Å². The number of carbonyl (C=O) groups is 1. The van der Waals surface area contributed by atoms with Gasteiger partial charge >= 0.3 is 0 Å².